The van der Waals surface area contributed by atoms with Crippen LogP contribution in [0.5, 0.6) is 0 Å². The fourth-order valence-corrected chi connectivity index (χ4v) is 2.93. The highest BCUT2D eigenvalue weighted by atomic mass is 16.4. The van der Waals surface area contributed by atoms with E-state index in [9.17, 15) is 14.4 Å². The number of aliphatic carboxylic acids is 3. The van der Waals surface area contributed by atoms with Gasteiger partial charge in [-0.1, -0.05) is 80.1 Å². The minimum atomic E-state index is -1.26. The molecular formula is C30H66N4O6. The summed E-state index contributed by atoms with van der Waals surface area (Å²) in [6, 6.07) is 0. The summed E-state index contributed by atoms with van der Waals surface area (Å²) >= 11 is 0. The van der Waals surface area contributed by atoms with E-state index in [1.165, 1.54) is 116 Å². The maximum absolute atomic E-state index is 10.1. The summed E-state index contributed by atoms with van der Waals surface area (Å²) < 4.78 is 0. The van der Waals surface area contributed by atoms with Crippen LogP contribution < -0.4 is 16.0 Å². The van der Waals surface area contributed by atoms with E-state index in [4.69, 9.17) is 15.3 Å². The second-order valence-corrected chi connectivity index (χ2v) is 9.70. The van der Waals surface area contributed by atoms with E-state index in [-0.39, 0.29) is 0 Å². The van der Waals surface area contributed by atoms with Gasteiger partial charge in [0.2, 0.25) is 0 Å². The summed E-state index contributed by atoms with van der Waals surface area (Å²) in [6.07, 6.45) is 15.8. The molecule has 0 unspecified atom stereocenters. The first-order valence-corrected chi connectivity index (χ1v) is 15.7. The second-order valence-electron chi connectivity index (χ2n) is 9.70. The van der Waals surface area contributed by atoms with Crippen molar-refractivity contribution in [2.75, 3.05) is 58.9 Å². The molecule has 10 nitrogen and oxygen atoms in total. The molecule has 0 rings (SSSR count). The minimum Gasteiger partial charge on any atom is -0.480 e. The predicted octanol–water partition coefficient (Wildman–Crippen LogP) is 5.07. The van der Waals surface area contributed by atoms with Gasteiger partial charge in [0.05, 0.1) is 19.6 Å². The van der Waals surface area contributed by atoms with Crippen LogP contribution in [0.2, 0.25) is 0 Å². The highest BCUT2D eigenvalue weighted by Gasteiger charge is 2.15. The zero-order valence-corrected chi connectivity index (χ0v) is 26.9. The SMILES string of the molecule is CCCCNCCCC.CCCCNCCCC.CCCCNCCCC.O=C(O)CN(CC(=O)O)CC(=O)O. The molecule has 0 amide bonds. The van der Waals surface area contributed by atoms with Gasteiger partial charge < -0.3 is 31.3 Å². The molecule has 6 N–H and O–H groups in total. The quantitative estimate of drug-likeness (QED) is 0.0856. The molecule has 242 valence electrons. The fraction of sp³-hybridized carbons (Fsp3) is 0.900. The number of nitrogens with zero attached hydrogens (tertiary/aromatic N) is 1. The van der Waals surface area contributed by atoms with Crippen molar-refractivity contribution in [2.24, 2.45) is 0 Å². The first-order valence-electron chi connectivity index (χ1n) is 15.7. The largest absolute Gasteiger partial charge is 0.480 e. The van der Waals surface area contributed by atoms with E-state index in [0.717, 1.165) is 4.90 Å². The molecule has 40 heavy (non-hydrogen) atoms. The van der Waals surface area contributed by atoms with Crippen molar-refractivity contribution < 1.29 is 29.7 Å². The first-order chi connectivity index (χ1) is 19.2. The van der Waals surface area contributed by atoms with Crippen molar-refractivity contribution in [3.05, 3.63) is 0 Å². The topological polar surface area (TPSA) is 151 Å². The van der Waals surface area contributed by atoms with Crippen LogP contribution in [0.1, 0.15) is 119 Å². The van der Waals surface area contributed by atoms with E-state index >= 15 is 0 Å². The van der Waals surface area contributed by atoms with Crippen LogP contribution in [0.3, 0.4) is 0 Å². The van der Waals surface area contributed by atoms with Gasteiger partial charge in [-0.2, -0.15) is 0 Å². The molecule has 0 aromatic heterocycles. The third-order valence-electron chi connectivity index (χ3n) is 5.32. The van der Waals surface area contributed by atoms with E-state index in [2.05, 4.69) is 57.5 Å². The second kappa shape index (κ2) is 41.7. The van der Waals surface area contributed by atoms with E-state index in [0.29, 0.717) is 0 Å². The van der Waals surface area contributed by atoms with Crippen LogP contribution in [0.15, 0.2) is 0 Å². The van der Waals surface area contributed by atoms with Gasteiger partial charge in [-0.25, -0.2) is 0 Å². The van der Waals surface area contributed by atoms with Gasteiger partial charge in [0.1, 0.15) is 0 Å². The van der Waals surface area contributed by atoms with Crippen LogP contribution in [0, 0.1) is 0 Å². The van der Waals surface area contributed by atoms with Gasteiger partial charge in [-0.15, -0.1) is 0 Å². The number of carboxylic acid groups (broad SMARTS) is 3. The fourth-order valence-electron chi connectivity index (χ4n) is 2.93. The van der Waals surface area contributed by atoms with Crippen molar-refractivity contribution in [3.8, 4) is 0 Å². The molecule has 0 aromatic rings. The third kappa shape index (κ3) is 56.4. The Kier molecular flexibility index (Phi) is 47.2. The molecular weight excluding hydrogens is 512 g/mol. The Bertz CT molecular complexity index is 435. The minimum absolute atomic E-state index is 0.599. The highest BCUT2D eigenvalue weighted by Crippen LogP contribution is 1.89. The summed E-state index contributed by atoms with van der Waals surface area (Å²) in [7, 11) is 0. The summed E-state index contributed by atoms with van der Waals surface area (Å²) in [5, 5.41) is 35.0. The highest BCUT2D eigenvalue weighted by molar-refractivity contribution is 5.75. The first kappa shape index (κ1) is 45.2. The van der Waals surface area contributed by atoms with E-state index < -0.39 is 37.5 Å². The Labute approximate surface area is 246 Å². The Morgan fingerprint density at radius 3 is 0.725 bits per heavy atom. The number of hydrogen-bond donors (Lipinski definition) is 6. The van der Waals surface area contributed by atoms with E-state index in [1.807, 2.05) is 0 Å². The van der Waals surface area contributed by atoms with Gasteiger partial charge >= 0.3 is 17.9 Å². The van der Waals surface area contributed by atoms with Gasteiger partial charge in [0.25, 0.3) is 0 Å². The van der Waals surface area contributed by atoms with Gasteiger partial charge in [-0.05, 0) is 77.8 Å². The van der Waals surface area contributed by atoms with Crippen molar-refractivity contribution >= 4 is 17.9 Å². The Morgan fingerprint density at radius 1 is 0.425 bits per heavy atom. The standard InChI is InChI=1S/3C8H19N.C6H9NO6/c3*1-3-5-7-9-8-6-4-2;8-4(9)1-7(2-5(10)11)3-6(12)13/h3*9H,3-8H2,1-2H3;1-3H2,(H,8,9)(H,10,11)(H,12,13). The normalized spacial score (nSPS) is 9.97. The van der Waals surface area contributed by atoms with Crippen LogP contribution >= 0.6 is 0 Å². The molecule has 0 bridgehead atoms. The number of hydrogen-bond acceptors (Lipinski definition) is 7. The van der Waals surface area contributed by atoms with Crippen LogP contribution in [-0.2, 0) is 14.4 Å². The lowest BCUT2D eigenvalue weighted by Crippen LogP contribution is -2.38. The Hall–Kier alpha value is -1.75. The number of carbonyl (C=O) groups is 3. The van der Waals surface area contributed by atoms with Gasteiger partial charge in [-0.3, -0.25) is 19.3 Å². The van der Waals surface area contributed by atoms with Crippen LogP contribution in [-0.4, -0.2) is 97.0 Å². The zero-order valence-electron chi connectivity index (χ0n) is 26.9. The molecule has 0 heterocycles. The summed E-state index contributed by atoms with van der Waals surface area (Å²) in [4.78, 5) is 31.2. The number of nitrogens with one attached hydrogen (secondary N) is 3. The van der Waals surface area contributed by atoms with Crippen LogP contribution in [0.25, 0.3) is 0 Å². The summed E-state index contributed by atoms with van der Waals surface area (Å²) in [5.74, 6) is -3.78. The molecule has 0 radical (unpaired) electrons. The zero-order chi connectivity index (χ0) is 31.3. The molecule has 0 aliphatic rings. The lowest BCUT2D eigenvalue weighted by Gasteiger charge is -2.14. The Balaban J connectivity index is -0.000000219. The Morgan fingerprint density at radius 2 is 0.600 bits per heavy atom. The van der Waals surface area contributed by atoms with Crippen LogP contribution in [0.4, 0.5) is 0 Å². The number of carboxylic acids is 3. The van der Waals surface area contributed by atoms with Gasteiger partial charge in [0.15, 0.2) is 0 Å². The summed E-state index contributed by atoms with van der Waals surface area (Å²) in [6.45, 7) is 18.8. The van der Waals surface area contributed by atoms with Gasteiger partial charge in [0, 0.05) is 0 Å². The maximum atomic E-state index is 10.1. The molecule has 0 aromatic carbocycles. The molecule has 0 spiro atoms. The average molecular weight is 579 g/mol. The number of rotatable bonds is 24. The maximum Gasteiger partial charge on any atom is 0.317 e. The average Bonchev–Trinajstić information content (AvgIpc) is 2.88. The van der Waals surface area contributed by atoms with E-state index in [1.54, 1.807) is 0 Å². The lowest BCUT2D eigenvalue weighted by atomic mass is 10.3. The number of unbranched alkanes of at least 4 members (excludes halogenated alkanes) is 6. The molecule has 10 heteroatoms. The molecule has 0 aliphatic heterocycles. The summed E-state index contributed by atoms with van der Waals surface area (Å²) in [5.41, 5.74) is 0. The molecule has 0 fully saturated rings. The molecule has 0 atom stereocenters. The van der Waals surface area contributed by atoms with Crippen molar-refractivity contribution in [1.82, 2.24) is 20.9 Å². The van der Waals surface area contributed by atoms with Crippen molar-refractivity contribution in [2.45, 2.75) is 119 Å². The lowest BCUT2D eigenvalue weighted by molar-refractivity contribution is -0.144. The third-order valence-corrected chi connectivity index (χ3v) is 5.32. The smallest absolute Gasteiger partial charge is 0.317 e. The molecule has 0 saturated heterocycles. The monoisotopic (exact) mass is 578 g/mol. The predicted molar refractivity (Wildman–Crippen MR) is 167 cm³/mol. The molecule has 0 saturated carbocycles. The van der Waals surface area contributed by atoms with Crippen molar-refractivity contribution in [3.63, 3.8) is 0 Å². The molecule has 0 aliphatic carbocycles. The van der Waals surface area contributed by atoms with Crippen molar-refractivity contribution in [1.29, 1.82) is 0 Å².